The van der Waals surface area contributed by atoms with Crippen molar-refractivity contribution in [2.75, 3.05) is 0 Å². The fraction of sp³-hybridized carbons (Fsp3) is 0. The van der Waals surface area contributed by atoms with E-state index in [-0.39, 0.29) is 0 Å². The lowest BCUT2D eigenvalue weighted by molar-refractivity contribution is 0.669. The second-order valence-electron chi connectivity index (χ2n) is 12.4. The van der Waals surface area contributed by atoms with E-state index in [4.69, 9.17) is 4.42 Å². The van der Waals surface area contributed by atoms with E-state index in [9.17, 15) is 0 Å². The van der Waals surface area contributed by atoms with E-state index >= 15 is 0 Å². The highest BCUT2D eigenvalue weighted by atomic mass is 16.3. The molecule has 10 rings (SSSR count). The van der Waals surface area contributed by atoms with Gasteiger partial charge in [-0.2, -0.15) is 0 Å². The third kappa shape index (κ3) is 3.90. The van der Waals surface area contributed by atoms with Gasteiger partial charge in [0.05, 0.1) is 0 Å². The minimum atomic E-state index is 0.904. The topological polar surface area (TPSA) is 13.1 Å². The maximum Gasteiger partial charge on any atom is 0.136 e. The van der Waals surface area contributed by atoms with E-state index in [1.807, 2.05) is 6.07 Å². The minimum Gasteiger partial charge on any atom is -0.456 e. The Morgan fingerprint density at radius 1 is 0.277 bits per heavy atom. The molecule has 0 bridgehead atoms. The van der Waals surface area contributed by atoms with Crippen LogP contribution in [-0.4, -0.2) is 0 Å². The van der Waals surface area contributed by atoms with Crippen molar-refractivity contribution < 1.29 is 4.42 Å². The van der Waals surface area contributed by atoms with E-state index in [0.717, 1.165) is 27.5 Å². The lowest BCUT2D eigenvalue weighted by Gasteiger charge is -2.21. The fourth-order valence-electron chi connectivity index (χ4n) is 7.80. The Bertz CT molecular complexity index is 2780. The summed E-state index contributed by atoms with van der Waals surface area (Å²) in [5.41, 5.74) is 9.14. The summed E-state index contributed by atoms with van der Waals surface area (Å²) in [6.07, 6.45) is 0. The zero-order valence-electron chi connectivity index (χ0n) is 25.6. The predicted octanol–water partition coefficient (Wildman–Crippen LogP) is 13.2. The van der Waals surface area contributed by atoms with Crippen LogP contribution in [0, 0.1) is 0 Å². The molecule has 0 aliphatic heterocycles. The third-order valence-corrected chi connectivity index (χ3v) is 9.84. The zero-order valence-corrected chi connectivity index (χ0v) is 25.6. The van der Waals surface area contributed by atoms with Crippen molar-refractivity contribution in [3.8, 4) is 33.4 Å². The van der Waals surface area contributed by atoms with Gasteiger partial charge in [-0.1, -0.05) is 146 Å². The van der Waals surface area contributed by atoms with Gasteiger partial charge in [0.25, 0.3) is 0 Å². The van der Waals surface area contributed by atoms with Crippen LogP contribution in [0.5, 0.6) is 0 Å². The molecule has 0 unspecified atom stereocenters. The molecule has 1 heteroatoms. The molecular formula is C46H28O. The molecule has 218 valence electrons. The van der Waals surface area contributed by atoms with Gasteiger partial charge in [-0.05, 0) is 101 Å². The van der Waals surface area contributed by atoms with Crippen molar-refractivity contribution >= 4 is 65.0 Å². The predicted molar refractivity (Wildman–Crippen MR) is 200 cm³/mol. The molecule has 47 heavy (non-hydrogen) atoms. The van der Waals surface area contributed by atoms with Crippen molar-refractivity contribution in [2.24, 2.45) is 0 Å². The number of para-hydroxylation sites is 1. The van der Waals surface area contributed by atoms with E-state index in [0.29, 0.717) is 0 Å². The standard InChI is InChI=1S/C46H28O/c1-2-14-29(15-3-1)39-28-44-40(34-20-12-13-25-43(34)47-44)27-42(39)46-37-23-10-8-21-35(37)45(36-22-9-11-24-38(36)46)41-26-30-16-4-5-17-31(30)32-18-6-7-19-33(32)41/h1-28H. The number of hydrogen-bond donors (Lipinski definition) is 0. The highest BCUT2D eigenvalue weighted by molar-refractivity contribution is 6.27. The van der Waals surface area contributed by atoms with Crippen molar-refractivity contribution in [1.29, 1.82) is 0 Å². The van der Waals surface area contributed by atoms with Gasteiger partial charge in [0.15, 0.2) is 0 Å². The van der Waals surface area contributed by atoms with Gasteiger partial charge in [0.2, 0.25) is 0 Å². The van der Waals surface area contributed by atoms with E-state index in [2.05, 4.69) is 164 Å². The lowest BCUT2D eigenvalue weighted by atomic mass is 9.82. The van der Waals surface area contributed by atoms with Gasteiger partial charge < -0.3 is 4.42 Å². The van der Waals surface area contributed by atoms with Gasteiger partial charge in [-0.25, -0.2) is 0 Å². The Labute approximate surface area is 271 Å². The molecule has 0 N–H and O–H groups in total. The largest absolute Gasteiger partial charge is 0.456 e. The molecule has 1 nitrogen and oxygen atoms in total. The first-order valence-corrected chi connectivity index (χ1v) is 16.2. The highest BCUT2D eigenvalue weighted by Gasteiger charge is 2.22. The van der Waals surface area contributed by atoms with Crippen LogP contribution in [0.1, 0.15) is 0 Å². The summed E-state index contributed by atoms with van der Waals surface area (Å²) >= 11 is 0. The maximum atomic E-state index is 6.43. The Balaban J connectivity index is 1.39. The summed E-state index contributed by atoms with van der Waals surface area (Å²) in [6.45, 7) is 0. The minimum absolute atomic E-state index is 0.904. The smallest absolute Gasteiger partial charge is 0.136 e. The summed E-state index contributed by atoms with van der Waals surface area (Å²) in [7, 11) is 0. The Morgan fingerprint density at radius 3 is 1.47 bits per heavy atom. The van der Waals surface area contributed by atoms with Crippen molar-refractivity contribution in [1.82, 2.24) is 0 Å². The van der Waals surface area contributed by atoms with Crippen LogP contribution in [0.15, 0.2) is 174 Å². The summed E-state index contributed by atoms with van der Waals surface area (Å²) < 4.78 is 6.43. The van der Waals surface area contributed by atoms with Crippen LogP contribution in [0.25, 0.3) is 98.4 Å². The number of benzene rings is 9. The molecule has 0 aliphatic carbocycles. The normalized spacial score (nSPS) is 11.8. The molecule has 9 aromatic carbocycles. The van der Waals surface area contributed by atoms with Crippen LogP contribution in [0.4, 0.5) is 0 Å². The Hall–Kier alpha value is -6.18. The van der Waals surface area contributed by atoms with Crippen LogP contribution in [-0.2, 0) is 0 Å². The fourth-order valence-corrected chi connectivity index (χ4v) is 7.80. The second kappa shape index (κ2) is 10.2. The van der Waals surface area contributed by atoms with Gasteiger partial charge in [0, 0.05) is 10.8 Å². The molecule has 0 saturated carbocycles. The molecule has 0 saturated heterocycles. The molecule has 0 fully saturated rings. The van der Waals surface area contributed by atoms with Gasteiger partial charge >= 0.3 is 0 Å². The average molecular weight is 597 g/mol. The number of rotatable bonds is 3. The average Bonchev–Trinajstić information content (AvgIpc) is 3.51. The van der Waals surface area contributed by atoms with Gasteiger partial charge in [0.1, 0.15) is 11.2 Å². The molecule has 0 amide bonds. The van der Waals surface area contributed by atoms with Crippen LogP contribution < -0.4 is 0 Å². The molecule has 1 aromatic heterocycles. The molecule has 0 aliphatic rings. The van der Waals surface area contributed by atoms with E-state index in [1.54, 1.807) is 0 Å². The van der Waals surface area contributed by atoms with Crippen LogP contribution in [0.3, 0.4) is 0 Å². The Morgan fingerprint density at radius 2 is 0.787 bits per heavy atom. The van der Waals surface area contributed by atoms with Crippen LogP contribution in [0.2, 0.25) is 0 Å². The molecule has 1 heterocycles. The third-order valence-electron chi connectivity index (χ3n) is 9.84. The van der Waals surface area contributed by atoms with Crippen LogP contribution >= 0.6 is 0 Å². The molecule has 0 atom stereocenters. The monoisotopic (exact) mass is 596 g/mol. The SMILES string of the molecule is c1ccc(-c2cc3oc4ccccc4c3cc2-c2c3ccccc3c(-c3cc4ccccc4c4ccccc34)c3ccccc23)cc1. The van der Waals surface area contributed by atoms with Gasteiger partial charge in [-0.15, -0.1) is 0 Å². The second-order valence-corrected chi connectivity index (χ2v) is 12.4. The van der Waals surface area contributed by atoms with E-state index in [1.165, 1.54) is 70.9 Å². The first-order valence-electron chi connectivity index (χ1n) is 16.2. The van der Waals surface area contributed by atoms with E-state index < -0.39 is 0 Å². The molecular weight excluding hydrogens is 569 g/mol. The maximum absolute atomic E-state index is 6.43. The zero-order chi connectivity index (χ0) is 30.9. The summed E-state index contributed by atoms with van der Waals surface area (Å²) in [4.78, 5) is 0. The summed E-state index contributed by atoms with van der Waals surface area (Å²) in [6, 6.07) is 61.6. The summed E-state index contributed by atoms with van der Waals surface area (Å²) in [5, 5.41) is 12.3. The molecule has 0 spiro atoms. The van der Waals surface area contributed by atoms with Crippen molar-refractivity contribution in [2.45, 2.75) is 0 Å². The summed E-state index contributed by atoms with van der Waals surface area (Å²) in [5.74, 6) is 0. The number of hydrogen-bond acceptors (Lipinski definition) is 1. The van der Waals surface area contributed by atoms with Crippen molar-refractivity contribution in [3.05, 3.63) is 170 Å². The molecule has 10 aromatic rings. The van der Waals surface area contributed by atoms with Gasteiger partial charge in [-0.3, -0.25) is 0 Å². The highest BCUT2D eigenvalue weighted by Crippen LogP contribution is 2.49. The first kappa shape index (κ1) is 26.1. The number of furan rings is 1. The molecule has 0 radical (unpaired) electrons. The van der Waals surface area contributed by atoms with Crippen molar-refractivity contribution in [3.63, 3.8) is 0 Å². The lowest BCUT2D eigenvalue weighted by Crippen LogP contribution is -1.94. The number of fused-ring (bicyclic) bond motifs is 8. The Kier molecular flexibility index (Phi) is 5.64. The first-order chi connectivity index (χ1) is 23.3. The quantitative estimate of drug-likeness (QED) is 0.146.